The van der Waals surface area contributed by atoms with Crippen molar-refractivity contribution in [1.29, 1.82) is 0 Å². The molecule has 1 aliphatic rings. The Morgan fingerprint density at radius 1 is 1.40 bits per heavy atom. The molecule has 4 heteroatoms. The van der Waals surface area contributed by atoms with Crippen molar-refractivity contribution in [3.05, 3.63) is 35.4 Å². The van der Waals surface area contributed by atoms with E-state index in [9.17, 15) is 8.78 Å². The zero-order valence-electron chi connectivity index (χ0n) is 12.2. The van der Waals surface area contributed by atoms with E-state index in [-0.39, 0.29) is 0 Å². The van der Waals surface area contributed by atoms with E-state index >= 15 is 0 Å². The van der Waals surface area contributed by atoms with Crippen LogP contribution in [-0.2, 0) is 4.74 Å². The van der Waals surface area contributed by atoms with Crippen LogP contribution in [0.3, 0.4) is 0 Å². The van der Waals surface area contributed by atoms with E-state index in [0.29, 0.717) is 18.1 Å². The molecule has 1 aromatic rings. The van der Waals surface area contributed by atoms with Crippen LogP contribution < -0.4 is 5.73 Å². The highest BCUT2D eigenvalue weighted by Gasteiger charge is 2.41. The van der Waals surface area contributed by atoms with Crippen LogP contribution >= 0.6 is 0 Å². The lowest BCUT2D eigenvalue weighted by Gasteiger charge is -2.44. The smallest absolute Gasteiger partial charge is 0.159 e. The lowest BCUT2D eigenvalue weighted by Crippen LogP contribution is -2.47. The Hall–Kier alpha value is -1.00. The summed E-state index contributed by atoms with van der Waals surface area (Å²) in [6, 6.07) is 3.46. The summed E-state index contributed by atoms with van der Waals surface area (Å²) in [5.41, 5.74) is 6.50. The summed E-state index contributed by atoms with van der Waals surface area (Å²) in [7, 11) is 0. The summed E-state index contributed by atoms with van der Waals surface area (Å²) in [6.07, 6.45) is 3.95. The van der Waals surface area contributed by atoms with Crippen molar-refractivity contribution in [2.75, 3.05) is 6.61 Å². The lowest BCUT2D eigenvalue weighted by atomic mass is 9.73. The molecule has 20 heavy (non-hydrogen) atoms. The molecule has 3 unspecified atom stereocenters. The summed E-state index contributed by atoms with van der Waals surface area (Å²) in [5, 5.41) is 0. The van der Waals surface area contributed by atoms with Gasteiger partial charge in [0.05, 0.1) is 11.6 Å². The molecule has 3 atom stereocenters. The van der Waals surface area contributed by atoms with Gasteiger partial charge in [-0.15, -0.1) is 0 Å². The van der Waals surface area contributed by atoms with Crippen molar-refractivity contribution >= 4 is 0 Å². The van der Waals surface area contributed by atoms with Gasteiger partial charge in [-0.25, -0.2) is 8.78 Å². The van der Waals surface area contributed by atoms with Gasteiger partial charge in [-0.2, -0.15) is 0 Å². The Morgan fingerprint density at radius 3 is 2.75 bits per heavy atom. The van der Waals surface area contributed by atoms with Gasteiger partial charge >= 0.3 is 0 Å². The third-order valence-corrected chi connectivity index (χ3v) is 4.29. The molecule has 2 N–H and O–H groups in total. The van der Waals surface area contributed by atoms with Gasteiger partial charge in [0.25, 0.3) is 0 Å². The third-order valence-electron chi connectivity index (χ3n) is 4.29. The first kappa shape index (κ1) is 15.4. The Labute approximate surface area is 119 Å². The minimum absolute atomic E-state index is 0.430. The van der Waals surface area contributed by atoms with Crippen molar-refractivity contribution in [3.63, 3.8) is 0 Å². The highest BCUT2D eigenvalue weighted by Crippen LogP contribution is 2.42. The predicted molar refractivity (Wildman–Crippen MR) is 75.3 cm³/mol. The van der Waals surface area contributed by atoms with E-state index in [4.69, 9.17) is 10.5 Å². The van der Waals surface area contributed by atoms with Crippen LogP contribution in [0.4, 0.5) is 8.78 Å². The minimum atomic E-state index is -0.853. The summed E-state index contributed by atoms with van der Waals surface area (Å²) >= 11 is 0. The van der Waals surface area contributed by atoms with Gasteiger partial charge in [-0.05, 0) is 43.4 Å². The highest BCUT2D eigenvalue weighted by atomic mass is 19.2. The summed E-state index contributed by atoms with van der Waals surface area (Å²) in [6.45, 7) is 4.70. The van der Waals surface area contributed by atoms with Crippen LogP contribution in [0.1, 0.15) is 51.1 Å². The molecule has 0 aromatic heterocycles. The Bertz CT molecular complexity index is 462. The summed E-state index contributed by atoms with van der Waals surface area (Å²) < 4.78 is 32.5. The van der Waals surface area contributed by atoms with E-state index in [1.54, 1.807) is 6.07 Å². The van der Waals surface area contributed by atoms with E-state index in [1.165, 1.54) is 12.5 Å². The van der Waals surface area contributed by atoms with Gasteiger partial charge in [0.2, 0.25) is 0 Å². The molecule has 2 nitrogen and oxygen atoms in total. The molecule has 0 spiro atoms. The van der Waals surface area contributed by atoms with Gasteiger partial charge in [-0.3, -0.25) is 0 Å². The molecule has 0 saturated heterocycles. The van der Waals surface area contributed by atoms with E-state index < -0.39 is 23.3 Å². The summed E-state index contributed by atoms with van der Waals surface area (Å²) in [5.74, 6) is -1.16. The largest absolute Gasteiger partial charge is 0.373 e. The van der Waals surface area contributed by atoms with Crippen molar-refractivity contribution in [3.8, 4) is 0 Å². The van der Waals surface area contributed by atoms with Crippen LogP contribution in [0.2, 0.25) is 0 Å². The fourth-order valence-electron chi connectivity index (χ4n) is 3.34. The lowest BCUT2D eigenvalue weighted by molar-refractivity contribution is -0.0939. The molecule has 1 aliphatic carbocycles. The quantitative estimate of drug-likeness (QED) is 0.908. The first-order chi connectivity index (χ1) is 9.48. The van der Waals surface area contributed by atoms with Crippen molar-refractivity contribution in [2.45, 2.75) is 51.2 Å². The zero-order chi connectivity index (χ0) is 14.8. The second-order valence-corrected chi connectivity index (χ2v) is 5.85. The first-order valence-electron chi connectivity index (χ1n) is 7.33. The average molecular weight is 283 g/mol. The summed E-state index contributed by atoms with van der Waals surface area (Å²) in [4.78, 5) is 0. The molecule has 0 amide bonds. The van der Waals surface area contributed by atoms with E-state index in [2.05, 4.69) is 6.92 Å². The average Bonchev–Trinajstić information content (AvgIpc) is 2.41. The molecular formula is C16H23F2NO. The first-order valence-corrected chi connectivity index (χ1v) is 7.33. The molecule has 1 aromatic carbocycles. The van der Waals surface area contributed by atoms with Crippen molar-refractivity contribution in [1.82, 2.24) is 0 Å². The fourth-order valence-corrected chi connectivity index (χ4v) is 3.34. The molecular weight excluding hydrogens is 260 g/mol. The maximum absolute atomic E-state index is 13.4. The predicted octanol–water partition coefficient (Wildman–Crippen LogP) is 3.95. The van der Waals surface area contributed by atoms with Crippen LogP contribution in [0.5, 0.6) is 0 Å². The normalized spacial score (nSPS) is 28.4. The maximum Gasteiger partial charge on any atom is 0.159 e. The van der Waals surface area contributed by atoms with Crippen molar-refractivity contribution in [2.24, 2.45) is 11.7 Å². The number of nitrogens with two attached hydrogens (primary N) is 1. The van der Waals surface area contributed by atoms with E-state index in [1.807, 2.05) is 6.92 Å². The van der Waals surface area contributed by atoms with Gasteiger partial charge in [0, 0.05) is 6.61 Å². The Morgan fingerprint density at radius 2 is 2.15 bits per heavy atom. The topological polar surface area (TPSA) is 35.2 Å². The van der Waals surface area contributed by atoms with Crippen LogP contribution in [0.25, 0.3) is 0 Å². The molecule has 0 bridgehead atoms. The number of hydrogen-bond donors (Lipinski definition) is 1. The number of benzene rings is 1. The standard InChI is InChI=1S/C16H23F2NO/c1-3-20-16(8-4-5-11(2)10-16)15(19)12-6-7-13(17)14(18)9-12/h6-7,9,11,15H,3-5,8,10,19H2,1-2H3. The minimum Gasteiger partial charge on any atom is -0.373 e. The Kier molecular flexibility index (Phi) is 4.76. The second kappa shape index (κ2) is 6.19. The number of rotatable bonds is 4. The van der Waals surface area contributed by atoms with Crippen LogP contribution in [0.15, 0.2) is 18.2 Å². The molecule has 0 heterocycles. The zero-order valence-corrected chi connectivity index (χ0v) is 12.2. The van der Waals surface area contributed by atoms with E-state index in [0.717, 1.165) is 25.3 Å². The molecule has 112 valence electrons. The Balaban J connectivity index is 2.30. The van der Waals surface area contributed by atoms with Gasteiger partial charge < -0.3 is 10.5 Å². The molecule has 1 fully saturated rings. The highest BCUT2D eigenvalue weighted by molar-refractivity contribution is 5.24. The van der Waals surface area contributed by atoms with Gasteiger partial charge in [0.1, 0.15) is 0 Å². The molecule has 0 aliphatic heterocycles. The second-order valence-electron chi connectivity index (χ2n) is 5.85. The van der Waals surface area contributed by atoms with Gasteiger partial charge in [-0.1, -0.05) is 25.8 Å². The molecule has 1 saturated carbocycles. The maximum atomic E-state index is 13.4. The fraction of sp³-hybridized carbons (Fsp3) is 0.625. The number of ether oxygens (including phenoxy) is 1. The number of halogens is 2. The molecule has 0 radical (unpaired) electrons. The number of hydrogen-bond acceptors (Lipinski definition) is 2. The van der Waals surface area contributed by atoms with Crippen LogP contribution in [-0.4, -0.2) is 12.2 Å². The van der Waals surface area contributed by atoms with Gasteiger partial charge in [0.15, 0.2) is 11.6 Å². The third kappa shape index (κ3) is 3.01. The molecule has 2 rings (SSSR count). The van der Waals surface area contributed by atoms with Crippen molar-refractivity contribution < 1.29 is 13.5 Å². The van der Waals surface area contributed by atoms with Crippen LogP contribution in [0, 0.1) is 17.6 Å². The monoisotopic (exact) mass is 283 g/mol. The SMILES string of the molecule is CCOC1(C(N)c2ccc(F)c(F)c2)CCCC(C)C1.